The molecule has 2 rings (SSSR count). The van der Waals surface area contributed by atoms with E-state index in [-0.39, 0.29) is 5.56 Å². The molecule has 1 aromatic carbocycles. The maximum absolute atomic E-state index is 10.9. The summed E-state index contributed by atoms with van der Waals surface area (Å²) < 4.78 is 10.1. The number of carboxylic acids is 1. The molecule has 0 aliphatic heterocycles. The zero-order valence-corrected chi connectivity index (χ0v) is 10.5. The van der Waals surface area contributed by atoms with E-state index in [1.807, 2.05) is 0 Å². The molecular weight excluding hydrogens is 248 g/mol. The van der Waals surface area contributed by atoms with Crippen molar-refractivity contribution in [3.05, 3.63) is 35.7 Å². The maximum atomic E-state index is 10.9. The van der Waals surface area contributed by atoms with Crippen molar-refractivity contribution in [2.24, 2.45) is 0 Å². The number of carbonyl (C=O) groups is 1. The summed E-state index contributed by atoms with van der Waals surface area (Å²) in [7, 11) is 1.64. The molecule has 100 valence electrons. The minimum absolute atomic E-state index is 0.191. The fourth-order valence-corrected chi connectivity index (χ4v) is 1.63. The second-order valence-electron chi connectivity index (χ2n) is 4.00. The summed E-state index contributed by atoms with van der Waals surface area (Å²) in [5, 5.41) is 12.8. The van der Waals surface area contributed by atoms with Crippen LogP contribution in [0.5, 0.6) is 0 Å². The lowest BCUT2D eigenvalue weighted by Gasteiger charge is -1.96. The largest absolute Gasteiger partial charge is 0.478 e. The molecule has 2 aromatic rings. The number of methoxy groups -OCH3 is 1. The Labute approximate surface area is 110 Å². The standard InChI is InChI=1S/C13H14N2O4/c1-18-7-3-6-11-14-12(19-15-11)9-4-2-5-10(8-9)13(16)17/h2,4-5,8H,3,6-7H2,1H3,(H,16,17). The number of aromatic carboxylic acids is 1. The van der Waals surface area contributed by atoms with Crippen molar-refractivity contribution in [3.63, 3.8) is 0 Å². The number of carboxylic acid groups (broad SMARTS) is 1. The molecule has 1 aromatic heterocycles. The molecule has 0 spiro atoms. The fourth-order valence-electron chi connectivity index (χ4n) is 1.63. The van der Waals surface area contributed by atoms with E-state index >= 15 is 0 Å². The van der Waals surface area contributed by atoms with E-state index in [1.54, 1.807) is 19.2 Å². The third-order valence-corrected chi connectivity index (χ3v) is 2.57. The first-order chi connectivity index (χ1) is 9.20. The summed E-state index contributed by atoms with van der Waals surface area (Å²) in [6.07, 6.45) is 1.47. The normalized spacial score (nSPS) is 10.6. The van der Waals surface area contributed by atoms with Crippen molar-refractivity contribution in [2.45, 2.75) is 12.8 Å². The van der Waals surface area contributed by atoms with Crippen LogP contribution in [0.1, 0.15) is 22.6 Å². The van der Waals surface area contributed by atoms with Crippen molar-refractivity contribution < 1.29 is 19.2 Å². The van der Waals surface area contributed by atoms with E-state index in [4.69, 9.17) is 14.4 Å². The molecule has 0 radical (unpaired) electrons. The van der Waals surface area contributed by atoms with Crippen LogP contribution in [0.15, 0.2) is 28.8 Å². The Morgan fingerprint density at radius 1 is 1.47 bits per heavy atom. The number of rotatable bonds is 6. The lowest BCUT2D eigenvalue weighted by Crippen LogP contribution is -1.96. The number of hydrogen-bond acceptors (Lipinski definition) is 5. The zero-order chi connectivity index (χ0) is 13.7. The van der Waals surface area contributed by atoms with Gasteiger partial charge in [-0.25, -0.2) is 4.79 Å². The van der Waals surface area contributed by atoms with E-state index in [2.05, 4.69) is 10.1 Å². The predicted octanol–water partition coefficient (Wildman–Crippen LogP) is 2.01. The first-order valence-electron chi connectivity index (χ1n) is 5.86. The lowest BCUT2D eigenvalue weighted by molar-refractivity contribution is 0.0697. The average Bonchev–Trinajstić information content (AvgIpc) is 2.88. The van der Waals surface area contributed by atoms with Gasteiger partial charge in [0.25, 0.3) is 5.89 Å². The quantitative estimate of drug-likeness (QED) is 0.801. The number of aromatic nitrogens is 2. The van der Waals surface area contributed by atoms with Gasteiger partial charge in [-0.3, -0.25) is 0 Å². The lowest BCUT2D eigenvalue weighted by atomic mass is 10.1. The van der Waals surface area contributed by atoms with Crippen LogP contribution in [0.25, 0.3) is 11.5 Å². The van der Waals surface area contributed by atoms with Crippen LogP contribution in [-0.2, 0) is 11.2 Å². The van der Waals surface area contributed by atoms with Gasteiger partial charge >= 0.3 is 5.97 Å². The fraction of sp³-hybridized carbons (Fsp3) is 0.308. The minimum atomic E-state index is -0.985. The third-order valence-electron chi connectivity index (χ3n) is 2.57. The van der Waals surface area contributed by atoms with E-state index in [9.17, 15) is 4.79 Å². The monoisotopic (exact) mass is 262 g/mol. The van der Waals surface area contributed by atoms with Gasteiger partial charge in [-0.05, 0) is 24.6 Å². The Morgan fingerprint density at radius 3 is 3.05 bits per heavy atom. The Balaban J connectivity index is 2.13. The van der Waals surface area contributed by atoms with Crippen molar-refractivity contribution in [1.29, 1.82) is 0 Å². The summed E-state index contributed by atoms with van der Waals surface area (Å²) in [6, 6.07) is 6.41. The number of hydrogen-bond donors (Lipinski definition) is 1. The van der Waals surface area contributed by atoms with Crippen molar-refractivity contribution in [3.8, 4) is 11.5 Å². The molecule has 1 heterocycles. The highest BCUT2D eigenvalue weighted by atomic mass is 16.5. The van der Waals surface area contributed by atoms with Crippen LogP contribution in [0.4, 0.5) is 0 Å². The van der Waals surface area contributed by atoms with Gasteiger partial charge in [0.05, 0.1) is 5.56 Å². The molecule has 0 saturated heterocycles. The highest BCUT2D eigenvalue weighted by molar-refractivity contribution is 5.88. The van der Waals surface area contributed by atoms with E-state index < -0.39 is 5.97 Å². The van der Waals surface area contributed by atoms with Crippen LogP contribution >= 0.6 is 0 Å². The van der Waals surface area contributed by atoms with Crippen molar-refractivity contribution in [1.82, 2.24) is 10.1 Å². The average molecular weight is 262 g/mol. The number of aryl methyl sites for hydroxylation is 1. The van der Waals surface area contributed by atoms with Gasteiger partial charge in [0.15, 0.2) is 5.82 Å². The molecule has 6 heteroatoms. The minimum Gasteiger partial charge on any atom is -0.478 e. The van der Waals surface area contributed by atoms with E-state index in [0.29, 0.717) is 30.3 Å². The van der Waals surface area contributed by atoms with Gasteiger partial charge in [-0.1, -0.05) is 11.2 Å². The van der Waals surface area contributed by atoms with Crippen LogP contribution in [0, 0.1) is 0 Å². The van der Waals surface area contributed by atoms with Gasteiger partial charge < -0.3 is 14.4 Å². The zero-order valence-electron chi connectivity index (χ0n) is 10.5. The molecule has 1 N–H and O–H groups in total. The van der Waals surface area contributed by atoms with Gasteiger partial charge in [0.2, 0.25) is 0 Å². The maximum Gasteiger partial charge on any atom is 0.335 e. The summed E-state index contributed by atoms with van der Waals surface area (Å²) in [4.78, 5) is 15.1. The number of benzene rings is 1. The second-order valence-corrected chi connectivity index (χ2v) is 4.00. The molecular formula is C13H14N2O4. The first kappa shape index (κ1) is 13.2. The third kappa shape index (κ3) is 3.38. The number of ether oxygens (including phenoxy) is 1. The van der Waals surface area contributed by atoms with Crippen LogP contribution < -0.4 is 0 Å². The molecule has 0 fully saturated rings. The smallest absolute Gasteiger partial charge is 0.335 e. The van der Waals surface area contributed by atoms with E-state index in [1.165, 1.54) is 12.1 Å². The Kier molecular flexibility index (Phi) is 4.25. The molecule has 0 atom stereocenters. The topological polar surface area (TPSA) is 85.5 Å². The molecule has 0 amide bonds. The van der Waals surface area contributed by atoms with Gasteiger partial charge in [0.1, 0.15) is 0 Å². The summed E-state index contributed by atoms with van der Waals surface area (Å²) in [6.45, 7) is 0.637. The van der Waals surface area contributed by atoms with Crippen LogP contribution in [0.3, 0.4) is 0 Å². The van der Waals surface area contributed by atoms with Crippen molar-refractivity contribution in [2.75, 3.05) is 13.7 Å². The highest BCUT2D eigenvalue weighted by Gasteiger charge is 2.11. The van der Waals surface area contributed by atoms with Crippen LogP contribution in [0.2, 0.25) is 0 Å². The SMILES string of the molecule is COCCCc1noc(-c2cccc(C(=O)O)c2)n1. The van der Waals surface area contributed by atoms with Crippen molar-refractivity contribution >= 4 is 5.97 Å². The Hall–Kier alpha value is -2.21. The van der Waals surface area contributed by atoms with Gasteiger partial charge in [0, 0.05) is 25.7 Å². The molecule has 0 bridgehead atoms. The Morgan fingerprint density at radius 2 is 2.32 bits per heavy atom. The van der Waals surface area contributed by atoms with Crippen LogP contribution in [-0.4, -0.2) is 34.9 Å². The molecule has 0 unspecified atom stereocenters. The highest BCUT2D eigenvalue weighted by Crippen LogP contribution is 2.18. The summed E-state index contributed by atoms with van der Waals surface area (Å²) in [5.41, 5.74) is 0.794. The molecule has 0 aliphatic carbocycles. The summed E-state index contributed by atoms with van der Waals surface area (Å²) in [5.74, 6) is -0.0648. The Bertz CT molecular complexity index is 565. The second kappa shape index (κ2) is 6.10. The van der Waals surface area contributed by atoms with E-state index in [0.717, 1.165) is 6.42 Å². The molecule has 0 aliphatic rings. The first-order valence-corrected chi connectivity index (χ1v) is 5.86. The predicted molar refractivity (Wildman–Crippen MR) is 66.9 cm³/mol. The van der Waals surface area contributed by atoms with Gasteiger partial charge in [-0.2, -0.15) is 4.98 Å². The summed E-state index contributed by atoms with van der Waals surface area (Å²) >= 11 is 0. The molecule has 0 saturated carbocycles. The number of nitrogens with zero attached hydrogens (tertiary/aromatic N) is 2. The van der Waals surface area contributed by atoms with Gasteiger partial charge in [-0.15, -0.1) is 0 Å². The molecule has 19 heavy (non-hydrogen) atoms. The molecule has 6 nitrogen and oxygen atoms in total.